The fourth-order valence-corrected chi connectivity index (χ4v) is 4.44. The van der Waals surface area contributed by atoms with Crippen LogP contribution >= 0.6 is 0 Å². The van der Waals surface area contributed by atoms with Gasteiger partial charge in [0.1, 0.15) is 0 Å². The van der Waals surface area contributed by atoms with Crippen LogP contribution in [0.4, 0.5) is 0 Å². The molecule has 1 rings (SSSR count). The molecule has 7 heteroatoms. The average Bonchev–Trinajstić information content (AvgIpc) is 2.89. The van der Waals surface area contributed by atoms with Crippen LogP contribution in [-0.2, 0) is 18.0 Å². The molecule has 0 aromatic rings. The van der Waals surface area contributed by atoms with Crippen LogP contribution < -0.4 is 0 Å². The van der Waals surface area contributed by atoms with Gasteiger partial charge in [0, 0.05) is 19.2 Å². The Balaban J connectivity index is 2.10. The maximum Gasteiger partial charge on any atom is 0.280 e. The minimum atomic E-state index is -2.48. The Kier molecular flexibility index (Phi) is 8.96. The lowest BCUT2D eigenvalue weighted by atomic mass is 10.2. The quantitative estimate of drug-likeness (QED) is 0.454. The molecule has 6 nitrogen and oxygen atoms in total. The summed E-state index contributed by atoms with van der Waals surface area (Å²) < 4.78 is 21.6. The number of rotatable bonds is 11. The lowest BCUT2D eigenvalue weighted by molar-refractivity contribution is 0.0145. The highest BCUT2D eigenvalue weighted by molar-refractivity contribution is 6.60. The highest BCUT2D eigenvalue weighted by atomic mass is 28.4. The third-order valence-corrected chi connectivity index (χ3v) is 6.98. The zero-order valence-corrected chi connectivity index (χ0v) is 14.8. The van der Waals surface area contributed by atoms with E-state index in [-0.39, 0.29) is 0 Å². The van der Waals surface area contributed by atoms with Gasteiger partial charge in [0.05, 0.1) is 12.7 Å². The molecule has 0 saturated carbocycles. The van der Waals surface area contributed by atoms with E-state index >= 15 is 0 Å². The summed E-state index contributed by atoms with van der Waals surface area (Å²) in [7, 11) is 2.35. The zero-order chi connectivity index (χ0) is 15.7. The van der Waals surface area contributed by atoms with E-state index in [1.165, 1.54) is 12.8 Å². The molecule has 0 aromatic heterocycles. The van der Waals surface area contributed by atoms with E-state index in [1.807, 2.05) is 0 Å². The second-order valence-electron chi connectivity index (χ2n) is 5.61. The maximum atomic E-state index is 9.99. The van der Waals surface area contributed by atoms with Gasteiger partial charge in [0.25, 0.3) is 8.80 Å². The van der Waals surface area contributed by atoms with Crippen molar-refractivity contribution < 1.29 is 23.1 Å². The Morgan fingerprint density at radius 3 is 2.43 bits per heavy atom. The van der Waals surface area contributed by atoms with E-state index < -0.39 is 14.9 Å². The first-order valence-electron chi connectivity index (χ1n) is 7.72. The van der Waals surface area contributed by atoms with Gasteiger partial charge >= 0.3 is 0 Å². The van der Waals surface area contributed by atoms with Gasteiger partial charge in [-0.15, -0.1) is 0 Å². The Morgan fingerprint density at radius 2 is 1.90 bits per heavy atom. The van der Waals surface area contributed by atoms with Gasteiger partial charge in [-0.1, -0.05) is 12.5 Å². The third kappa shape index (κ3) is 6.31. The number of aliphatic hydroxyl groups excluding tert-OH is 1. The molecule has 1 heterocycles. The average molecular weight is 321 g/mol. The molecule has 2 unspecified atom stereocenters. The fourth-order valence-electron chi connectivity index (χ4n) is 2.75. The van der Waals surface area contributed by atoms with Crippen molar-refractivity contribution in [3.63, 3.8) is 0 Å². The molecular formula is C14H31NO5Si-. The summed E-state index contributed by atoms with van der Waals surface area (Å²) in [5.41, 5.74) is 0. The molecule has 2 atom stereocenters. The van der Waals surface area contributed by atoms with Crippen LogP contribution in [0.3, 0.4) is 0 Å². The Morgan fingerprint density at radius 1 is 1.24 bits per heavy atom. The Hall–Kier alpha value is -0.0231. The molecule has 0 radical (unpaired) electrons. The summed E-state index contributed by atoms with van der Waals surface area (Å²) in [6.07, 6.45) is 2.84. The molecule has 1 N–H and O–H groups in total. The van der Waals surface area contributed by atoms with Crippen LogP contribution in [0.1, 0.15) is 26.2 Å². The summed E-state index contributed by atoms with van der Waals surface area (Å²) in [5.74, 6) is 0. The van der Waals surface area contributed by atoms with E-state index in [2.05, 4.69) is 11.8 Å². The van der Waals surface area contributed by atoms with Crippen LogP contribution in [0.2, 0.25) is 6.04 Å². The largest absolute Gasteiger partial charge is 0.527 e. The smallest absolute Gasteiger partial charge is 0.280 e. The number of β-amino-alcohol motifs (C(OH)–C–C–N with tert-alkyl or cyclic N) is 1. The molecule has 1 saturated heterocycles. The molecule has 1 aliphatic rings. The number of hydrogen-bond acceptors (Lipinski definition) is 6. The van der Waals surface area contributed by atoms with Crippen molar-refractivity contribution in [3.8, 4) is 0 Å². The van der Waals surface area contributed by atoms with E-state index in [1.54, 1.807) is 21.3 Å². The van der Waals surface area contributed by atoms with E-state index in [4.69, 9.17) is 18.0 Å². The molecule has 0 aliphatic carbocycles. The fraction of sp³-hybridized carbons (Fsp3) is 1.00. The second-order valence-corrected chi connectivity index (χ2v) is 8.70. The molecular weight excluding hydrogens is 290 g/mol. The van der Waals surface area contributed by atoms with Crippen LogP contribution in [0.25, 0.3) is 0 Å². The summed E-state index contributed by atoms with van der Waals surface area (Å²) in [6, 6.07) is 1.30. The maximum absolute atomic E-state index is 9.99. The lowest BCUT2D eigenvalue weighted by Crippen LogP contribution is -2.42. The highest BCUT2D eigenvalue weighted by Crippen LogP contribution is 2.17. The van der Waals surface area contributed by atoms with Crippen LogP contribution in [0.5, 0.6) is 0 Å². The summed E-state index contributed by atoms with van der Waals surface area (Å²) >= 11 is 0. The van der Waals surface area contributed by atoms with Gasteiger partial charge in [-0.2, -0.15) is 0 Å². The molecule has 21 heavy (non-hydrogen) atoms. The Labute approximate surface area is 129 Å². The van der Waals surface area contributed by atoms with Crippen molar-refractivity contribution in [2.45, 2.75) is 44.4 Å². The molecule has 0 aromatic carbocycles. The predicted molar refractivity (Wildman–Crippen MR) is 83.3 cm³/mol. The molecule has 1 fully saturated rings. The molecule has 1 aliphatic heterocycles. The van der Waals surface area contributed by atoms with Crippen LogP contribution in [-0.4, -0.2) is 78.6 Å². The van der Waals surface area contributed by atoms with Crippen LogP contribution in [0, 0.1) is 0 Å². The van der Waals surface area contributed by atoms with E-state index in [9.17, 15) is 5.11 Å². The lowest BCUT2D eigenvalue weighted by Gasteiger charge is -2.38. The van der Waals surface area contributed by atoms with E-state index in [0.29, 0.717) is 25.8 Å². The summed E-state index contributed by atoms with van der Waals surface area (Å²) in [6.45, 7) is 4.96. The van der Waals surface area contributed by atoms with Crippen molar-refractivity contribution in [1.82, 2.24) is 4.90 Å². The number of ether oxygens (including phenoxy) is 1. The third-order valence-electron chi connectivity index (χ3n) is 4.15. The number of hydrogen-bond donors (Lipinski definition) is 1. The normalized spacial score (nSPS) is 21.9. The second kappa shape index (κ2) is 9.89. The van der Waals surface area contributed by atoms with Crippen LogP contribution in [0.15, 0.2) is 0 Å². The van der Waals surface area contributed by atoms with Gasteiger partial charge in [0.15, 0.2) is 0 Å². The van der Waals surface area contributed by atoms with Crippen molar-refractivity contribution in [2.75, 3.05) is 47.6 Å². The standard InChI is InChI=1S/C14H31NO5Si/c1-13-7-5-8-15(13)11-14(16)12-20-9-6-10-21(17-2,18-3)19-4/h13-14,16H,5-12H2,1-4H3/q-1. The van der Waals surface area contributed by atoms with E-state index in [0.717, 1.165) is 19.0 Å². The molecule has 0 spiro atoms. The SMILES string of the molecule is CO[Si-](CCCOCC(O)CN1CCCC1C)(OC)OC. The van der Waals surface area contributed by atoms with Crippen molar-refractivity contribution in [1.29, 1.82) is 0 Å². The van der Waals surface area contributed by atoms with Crippen molar-refractivity contribution in [3.05, 3.63) is 0 Å². The van der Waals surface area contributed by atoms with Gasteiger partial charge in [0.2, 0.25) is 0 Å². The predicted octanol–water partition coefficient (Wildman–Crippen LogP) is 1.12. The minimum Gasteiger partial charge on any atom is -0.527 e. The number of likely N-dealkylation sites (tertiary alicyclic amines) is 1. The van der Waals surface area contributed by atoms with Gasteiger partial charge in [-0.3, -0.25) is 4.90 Å². The van der Waals surface area contributed by atoms with Crippen molar-refractivity contribution in [2.24, 2.45) is 0 Å². The van der Waals surface area contributed by atoms with Gasteiger partial charge in [-0.05, 0) is 47.6 Å². The first-order chi connectivity index (χ1) is 10.1. The molecule has 127 valence electrons. The zero-order valence-electron chi connectivity index (χ0n) is 13.8. The molecule has 0 bridgehead atoms. The first kappa shape index (κ1) is 19.0. The number of nitrogens with zero attached hydrogens (tertiary/aromatic N) is 1. The number of aliphatic hydroxyl groups is 1. The summed E-state index contributed by atoms with van der Waals surface area (Å²) in [5, 5.41) is 9.99. The Bertz CT molecular complexity index is 270. The van der Waals surface area contributed by atoms with Gasteiger partial charge < -0.3 is 23.1 Å². The highest BCUT2D eigenvalue weighted by Gasteiger charge is 2.23. The topological polar surface area (TPSA) is 60.4 Å². The molecule has 0 amide bonds. The minimum absolute atomic E-state index is 0.380. The van der Waals surface area contributed by atoms with Gasteiger partial charge in [-0.25, -0.2) is 0 Å². The summed E-state index contributed by atoms with van der Waals surface area (Å²) in [4.78, 5) is 2.33. The van der Waals surface area contributed by atoms with Crippen molar-refractivity contribution >= 4 is 8.80 Å². The monoisotopic (exact) mass is 321 g/mol. The first-order valence-corrected chi connectivity index (χ1v) is 9.65.